The van der Waals surface area contributed by atoms with E-state index in [0.29, 0.717) is 5.69 Å². The number of rotatable bonds is 3. The standard InChI is InChI=1S/C14H10N2OS/c15-10-11(9-13-7-4-8-18-13)14(17)16-12-5-2-1-3-6-12/h1-9H,(H,16,17). The highest BCUT2D eigenvalue weighted by atomic mass is 32.1. The molecule has 0 atom stereocenters. The maximum atomic E-state index is 11.9. The molecule has 0 aliphatic heterocycles. The molecule has 0 unspecified atom stereocenters. The molecule has 0 saturated heterocycles. The van der Waals surface area contributed by atoms with E-state index in [2.05, 4.69) is 5.32 Å². The minimum absolute atomic E-state index is 0.0984. The lowest BCUT2D eigenvalue weighted by molar-refractivity contribution is -0.112. The van der Waals surface area contributed by atoms with E-state index in [-0.39, 0.29) is 5.57 Å². The smallest absolute Gasteiger partial charge is 0.266 e. The predicted molar refractivity (Wildman–Crippen MR) is 73.0 cm³/mol. The number of anilines is 1. The van der Waals surface area contributed by atoms with E-state index in [9.17, 15) is 4.79 Å². The van der Waals surface area contributed by atoms with Crippen LogP contribution in [0, 0.1) is 11.3 Å². The molecule has 1 aromatic carbocycles. The first-order valence-electron chi connectivity index (χ1n) is 5.31. The fourth-order valence-electron chi connectivity index (χ4n) is 1.38. The highest BCUT2D eigenvalue weighted by Crippen LogP contribution is 2.14. The van der Waals surface area contributed by atoms with Crippen molar-refractivity contribution < 1.29 is 4.79 Å². The first-order valence-corrected chi connectivity index (χ1v) is 6.19. The molecule has 0 bridgehead atoms. The largest absolute Gasteiger partial charge is 0.321 e. The Morgan fingerprint density at radius 2 is 2.00 bits per heavy atom. The Morgan fingerprint density at radius 1 is 1.22 bits per heavy atom. The minimum atomic E-state index is -0.392. The normalized spacial score (nSPS) is 10.7. The van der Waals surface area contributed by atoms with Crippen LogP contribution in [0.5, 0.6) is 0 Å². The van der Waals surface area contributed by atoms with Crippen molar-refractivity contribution in [2.45, 2.75) is 0 Å². The van der Waals surface area contributed by atoms with Gasteiger partial charge in [0.1, 0.15) is 11.6 Å². The quantitative estimate of drug-likeness (QED) is 0.675. The number of amides is 1. The van der Waals surface area contributed by atoms with Crippen molar-refractivity contribution in [1.82, 2.24) is 0 Å². The zero-order chi connectivity index (χ0) is 12.8. The van der Waals surface area contributed by atoms with Crippen molar-refractivity contribution in [3.63, 3.8) is 0 Å². The van der Waals surface area contributed by atoms with Gasteiger partial charge in [0.05, 0.1) is 0 Å². The Labute approximate surface area is 109 Å². The van der Waals surface area contributed by atoms with Gasteiger partial charge < -0.3 is 5.32 Å². The summed E-state index contributed by atoms with van der Waals surface area (Å²) in [7, 11) is 0. The maximum Gasteiger partial charge on any atom is 0.266 e. The number of hydrogen-bond acceptors (Lipinski definition) is 3. The fourth-order valence-corrected chi connectivity index (χ4v) is 2.04. The topological polar surface area (TPSA) is 52.9 Å². The van der Waals surface area contributed by atoms with Gasteiger partial charge in [0, 0.05) is 10.6 Å². The van der Waals surface area contributed by atoms with Gasteiger partial charge in [-0.3, -0.25) is 4.79 Å². The van der Waals surface area contributed by atoms with Crippen molar-refractivity contribution in [2.75, 3.05) is 5.32 Å². The van der Waals surface area contributed by atoms with Crippen molar-refractivity contribution in [3.8, 4) is 6.07 Å². The summed E-state index contributed by atoms with van der Waals surface area (Å²) in [5.41, 5.74) is 0.774. The number of carbonyl (C=O) groups excluding carboxylic acids is 1. The van der Waals surface area contributed by atoms with E-state index in [0.717, 1.165) is 4.88 Å². The third-order valence-corrected chi connectivity index (χ3v) is 3.05. The molecule has 0 aliphatic carbocycles. The molecule has 2 rings (SSSR count). The van der Waals surface area contributed by atoms with Crippen molar-refractivity contribution in [3.05, 3.63) is 58.3 Å². The summed E-state index contributed by atoms with van der Waals surface area (Å²) in [6, 6.07) is 14.7. The molecule has 1 aromatic heterocycles. The number of benzene rings is 1. The van der Waals surface area contributed by atoms with Crippen LogP contribution in [-0.4, -0.2) is 5.91 Å². The summed E-state index contributed by atoms with van der Waals surface area (Å²) in [6.45, 7) is 0. The van der Waals surface area contributed by atoms with Crippen LogP contribution in [0.2, 0.25) is 0 Å². The summed E-state index contributed by atoms with van der Waals surface area (Å²) in [5.74, 6) is -0.392. The van der Waals surface area contributed by atoms with Gasteiger partial charge in [0.15, 0.2) is 0 Å². The Hall–Kier alpha value is -2.38. The first-order chi connectivity index (χ1) is 8.79. The van der Waals surface area contributed by atoms with Crippen LogP contribution in [0.25, 0.3) is 6.08 Å². The Bertz CT molecular complexity index is 594. The number of nitrogens with one attached hydrogen (secondary N) is 1. The number of para-hydroxylation sites is 1. The lowest BCUT2D eigenvalue weighted by Crippen LogP contribution is -2.13. The van der Waals surface area contributed by atoms with Gasteiger partial charge in [-0.05, 0) is 29.7 Å². The van der Waals surface area contributed by atoms with Crippen LogP contribution in [0.15, 0.2) is 53.4 Å². The second-order valence-electron chi connectivity index (χ2n) is 3.51. The van der Waals surface area contributed by atoms with Crippen LogP contribution < -0.4 is 5.32 Å². The molecule has 0 radical (unpaired) electrons. The van der Waals surface area contributed by atoms with E-state index in [1.54, 1.807) is 18.2 Å². The van der Waals surface area contributed by atoms with E-state index in [1.165, 1.54) is 11.3 Å². The van der Waals surface area contributed by atoms with E-state index < -0.39 is 5.91 Å². The third-order valence-electron chi connectivity index (χ3n) is 2.23. The molecule has 0 fully saturated rings. The summed E-state index contributed by atoms with van der Waals surface area (Å²) in [5, 5.41) is 13.6. The fraction of sp³-hybridized carbons (Fsp3) is 0. The first kappa shape index (κ1) is 12.1. The van der Waals surface area contributed by atoms with Crippen LogP contribution in [0.3, 0.4) is 0 Å². The van der Waals surface area contributed by atoms with Gasteiger partial charge in [0.25, 0.3) is 5.91 Å². The lowest BCUT2D eigenvalue weighted by Gasteiger charge is -2.02. The molecule has 18 heavy (non-hydrogen) atoms. The number of nitrogens with zero attached hydrogens (tertiary/aromatic N) is 1. The van der Waals surface area contributed by atoms with Crippen molar-refractivity contribution in [1.29, 1.82) is 5.26 Å². The molecule has 0 aliphatic rings. The molecule has 0 saturated carbocycles. The molecule has 4 heteroatoms. The Kier molecular flexibility index (Phi) is 3.90. The molecular formula is C14H10N2OS. The predicted octanol–water partition coefficient (Wildman–Crippen LogP) is 3.29. The zero-order valence-corrected chi connectivity index (χ0v) is 10.3. The second kappa shape index (κ2) is 5.80. The number of nitriles is 1. The number of hydrogen-bond donors (Lipinski definition) is 1. The molecule has 1 heterocycles. The summed E-state index contributed by atoms with van der Waals surface area (Å²) in [6.07, 6.45) is 1.59. The average molecular weight is 254 g/mol. The minimum Gasteiger partial charge on any atom is -0.321 e. The average Bonchev–Trinajstić information content (AvgIpc) is 2.90. The molecule has 3 nitrogen and oxygen atoms in total. The Morgan fingerprint density at radius 3 is 2.61 bits per heavy atom. The molecular weight excluding hydrogens is 244 g/mol. The van der Waals surface area contributed by atoms with Gasteiger partial charge in [-0.15, -0.1) is 11.3 Å². The van der Waals surface area contributed by atoms with E-state index in [1.807, 2.05) is 41.8 Å². The summed E-state index contributed by atoms with van der Waals surface area (Å²) >= 11 is 1.48. The molecule has 88 valence electrons. The SMILES string of the molecule is N#CC(=Cc1cccs1)C(=O)Nc1ccccc1. The maximum absolute atomic E-state index is 11.9. The van der Waals surface area contributed by atoms with Crippen LogP contribution in [0.1, 0.15) is 4.88 Å². The van der Waals surface area contributed by atoms with Gasteiger partial charge in [0.2, 0.25) is 0 Å². The Balaban J connectivity index is 2.15. The lowest BCUT2D eigenvalue weighted by atomic mass is 10.2. The van der Waals surface area contributed by atoms with Gasteiger partial charge >= 0.3 is 0 Å². The highest BCUT2D eigenvalue weighted by molar-refractivity contribution is 7.10. The van der Waals surface area contributed by atoms with Crippen molar-refractivity contribution in [2.24, 2.45) is 0 Å². The monoisotopic (exact) mass is 254 g/mol. The summed E-state index contributed by atoms with van der Waals surface area (Å²) in [4.78, 5) is 12.8. The van der Waals surface area contributed by atoms with Crippen LogP contribution in [-0.2, 0) is 4.79 Å². The number of carbonyl (C=O) groups is 1. The highest BCUT2D eigenvalue weighted by Gasteiger charge is 2.09. The molecule has 1 N–H and O–H groups in total. The molecule has 0 spiro atoms. The molecule has 1 amide bonds. The number of thiophene rings is 1. The molecule has 2 aromatic rings. The zero-order valence-electron chi connectivity index (χ0n) is 9.46. The second-order valence-corrected chi connectivity index (χ2v) is 4.48. The van der Waals surface area contributed by atoms with Crippen LogP contribution in [0.4, 0.5) is 5.69 Å². The van der Waals surface area contributed by atoms with Gasteiger partial charge in [-0.2, -0.15) is 5.26 Å². The van der Waals surface area contributed by atoms with Gasteiger partial charge in [-0.1, -0.05) is 24.3 Å². The third kappa shape index (κ3) is 3.06. The van der Waals surface area contributed by atoms with E-state index in [4.69, 9.17) is 5.26 Å². The van der Waals surface area contributed by atoms with Gasteiger partial charge in [-0.25, -0.2) is 0 Å². The van der Waals surface area contributed by atoms with E-state index >= 15 is 0 Å². The van der Waals surface area contributed by atoms with Crippen LogP contribution >= 0.6 is 11.3 Å². The van der Waals surface area contributed by atoms with Crippen molar-refractivity contribution >= 4 is 29.0 Å². The summed E-state index contributed by atoms with van der Waals surface area (Å²) < 4.78 is 0.